The van der Waals surface area contributed by atoms with Gasteiger partial charge >= 0.3 is 5.97 Å². The van der Waals surface area contributed by atoms with E-state index in [-0.39, 0.29) is 18.1 Å². The molecule has 6 heteroatoms. The molecule has 1 aromatic heterocycles. The molecule has 130 valence electrons. The van der Waals surface area contributed by atoms with E-state index in [9.17, 15) is 9.90 Å². The number of aromatic nitrogens is 1. The third-order valence-electron chi connectivity index (χ3n) is 4.72. The average molecular weight is 351 g/mol. The van der Waals surface area contributed by atoms with Gasteiger partial charge < -0.3 is 19.7 Å². The second-order valence-corrected chi connectivity index (χ2v) is 6.68. The van der Waals surface area contributed by atoms with Crippen LogP contribution in [0.1, 0.15) is 36.0 Å². The van der Waals surface area contributed by atoms with Gasteiger partial charge in [0.15, 0.2) is 0 Å². The Labute approximate surface area is 146 Å². The van der Waals surface area contributed by atoms with E-state index in [1.165, 1.54) is 7.11 Å². The lowest BCUT2D eigenvalue weighted by molar-refractivity contribution is 0.0602. The number of methoxy groups -OCH3 is 1. The lowest BCUT2D eigenvalue weighted by Gasteiger charge is -2.29. The van der Waals surface area contributed by atoms with Gasteiger partial charge in [0.1, 0.15) is 0 Å². The minimum Gasteiger partial charge on any atom is -0.465 e. The molecule has 0 unspecified atom stereocenters. The zero-order valence-electron chi connectivity index (χ0n) is 13.8. The van der Waals surface area contributed by atoms with E-state index in [4.69, 9.17) is 16.3 Å². The Hall–Kier alpha value is -1.56. The van der Waals surface area contributed by atoms with Crippen LogP contribution in [-0.2, 0) is 11.3 Å². The van der Waals surface area contributed by atoms with Crippen molar-refractivity contribution in [3.05, 3.63) is 35.0 Å². The number of nitrogens with zero attached hydrogens (tertiary/aromatic N) is 1. The molecule has 24 heavy (non-hydrogen) atoms. The number of aryl methyl sites for hydroxylation is 1. The highest BCUT2D eigenvalue weighted by Crippen LogP contribution is 2.29. The number of carbonyl (C=O) groups excluding carboxylic acids is 1. The maximum atomic E-state index is 12.0. The maximum Gasteiger partial charge on any atom is 0.340 e. The topological polar surface area (TPSA) is 63.5 Å². The second-order valence-electron chi connectivity index (χ2n) is 6.27. The number of piperidine rings is 1. The normalized spacial score (nSPS) is 21.1. The van der Waals surface area contributed by atoms with E-state index >= 15 is 0 Å². The molecule has 0 radical (unpaired) electrons. The van der Waals surface area contributed by atoms with Gasteiger partial charge in [0.2, 0.25) is 0 Å². The molecule has 1 saturated heterocycles. The van der Waals surface area contributed by atoms with Gasteiger partial charge in [-0.2, -0.15) is 0 Å². The summed E-state index contributed by atoms with van der Waals surface area (Å²) in [6, 6.07) is 5.78. The molecule has 0 aliphatic carbocycles. The van der Waals surface area contributed by atoms with Gasteiger partial charge in [-0.25, -0.2) is 4.79 Å². The summed E-state index contributed by atoms with van der Waals surface area (Å²) in [5.41, 5.74) is 1.42. The molecule has 2 N–H and O–H groups in total. The van der Waals surface area contributed by atoms with E-state index in [2.05, 4.69) is 5.32 Å². The molecule has 5 nitrogen and oxygen atoms in total. The highest BCUT2D eigenvalue weighted by atomic mass is 35.5. The van der Waals surface area contributed by atoms with Crippen molar-refractivity contribution >= 4 is 28.5 Å². The number of fused-ring (bicyclic) bond motifs is 1. The van der Waals surface area contributed by atoms with Crippen LogP contribution in [0.2, 0.25) is 5.02 Å². The van der Waals surface area contributed by atoms with Crippen LogP contribution in [0.3, 0.4) is 0 Å². The molecular weight excluding hydrogens is 328 g/mol. The fourth-order valence-electron chi connectivity index (χ4n) is 3.47. The molecule has 1 aromatic carbocycles. The molecule has 1 aliphatic rings. The predicted octanol–water partition coefficient (Wildman–Crippen LogP) is 2.97. The van der Waals surface area contributed by atoms with Crippen LogP contribution in [0.15, 0.2) is 24.4 Å². The second kappa shape index (κ2) is 7.55. The van der Waals surface area contributed by atoms with Gasteiger partial charge in [-0.05, 0) is 44.4 Å². The van der Waals surface area contributed by atoms with Crippen molar-refractivity contribution < 1.29 is 14.6 Å². The summed E-state index contributed by atoms with van der Waals surface area (Å²) in [7, 11) is 1.37. The van der Waals surface area contributed by atoms with E-state index in [1.807, 2.05) is 22.9 Å². The third-order valence-corrected chi connectivity index (χ3v) is 5.04. The molecule has 0 amide bonds. The monoisotopic (exact) mass is 350 g/mol. The largest absolute Gasteiger partial charge is 0.465 e. The first-order chi connectivity index (χ1) is 11.6. The predicted molar refractivity (Wildman–Crippen MR) is 94.6 cm³/mol. The number of benzene rings is 1. The van der Waals surface area contributed by atoms with Gasteiger partial charge in [-0.15, -0.1) is 0 Å². The smallest absolute Gasteiger partial charge is 0.340 e. The van der Waals surface area contributed by atoms with Crippen LogP contribution in [0, 0.1) is 0 Å². The molecular formula is C18H23ClN2O3. The zero-order chi connectivity index (χ0) is 17.1. The number of esters is 1. The van der Waals surface area contributed by atoms with Gasteiger partial charge in [0.25, 0.3) is 0 Å². The number of ether oxygens (including phenoxy) is 1. The molecule has 1 aliphatic heterocycles. The van der Waals surface area contributed by atoms with Gasteiger partial charge in [0, 0.05) is 24.2 Å². The quantitative estimate of drug-likeness (QED) is 0.814. The highest BCUT2D eigenvalue weighted by Gasteiger charge is 2.22. The Morgan fingerprint density at radius 2 is 2.33 bits per heavy atom. The fourth-order valence-corrected chi connectivity index (χ4v) is 3.74. The van der Waals surface area contributed by atoms with E-state index in [0.29, 0.717) is 10.6 Å². The van der Waals surface area contributed by atoms with Gasteiger partial charge in [-0.3, -0.25) is 0 Å². The summed E-state index contributed by atoms with van der Waals surface area (Å²) in [6.07, 6.45) is 5.25. The zero-order valence-corrected chi connectivity index (χ0v) is 14.6. The van der Waals surface area contributed by atoms with Crippen molar-refractivity contribution in [3.8, 4) is 0 Å². The van der Waals surface area contributed by atoms with Crippen LogP contribution >= 0.6 is 11.6 Å². The maximum absolute atomic E-state index is 12.0. The standard InChI is InChI=1S/C18H23ClN2O3/c1-24-18(23)12-11-21(15-7-2-5-13(19)17(12)15)10-4-6-14-16(22)8-3-9-20-14/h2,5,7,11,14,16,20,22H,3-4,6,8-10H2,1H3/t14-,16+/m1/s1. The van der Waals surface area contributed by atoms with E-state index in [1.54, 1.807) is 6.07 Å². The molecule has 1 fully saturated rings. The lowest BCUT2D eigenvalue weighted by atomic mass is 9.97. The number of aliphatic hydroxyl groups excluding tert-OH is 1. The summed E-state index contributed by atoms with van der Waals surface area (Å²) >= 11 is 6.29. The molecule has 0 spiro atoms. The Kier molecular flexibility index (Phi) is 5.43. The number of hydrogen-bond donors (Lipinski definition) is 2. The van der Waals surface area contributed by atoms with Crippen LogP contribution in [-0.4, -0.2) is 41.4 Å². The summed E-state index contributed by atoms with van der Waals surface area (Å²) < 4.78 is 6.92. The van der Waals surface area contributed by atoms with Crippen LogP contribution < -0.4 is 5.32 Å². The van der Waals surface area contributed by atoms with E-state index < -0.39 is 0 Å². The Bertz CT molecular complexity index is 728. The number of halogens is 1. The van der Waals surface area contributed by atoms with Crippen LogP contribution in [0.5, 0.6) is 0 Å². The molecule has 0 bridgehead atoms. The van der Waals surface area contributed by atoms with E-state index in [0.717, 1.165) is 49.7 Å². The SMILES string of the molecule is COC(=O)c1cn(CCC[C@H]2NCCC[C@@H]2O)c2cccc(Cl)c12. The number of rotatable bonds is 5. The number of nitrogens with one attached hydrogen (secondary N) is 1. The number of hydrogen-bond acceptors (Lipinski definition) is 4. The fraction of sp³-hybridized carbons (Fsp3) is 0.500. The highest BCUT2D eigenvalue weighted by molar-refractivity contribution is 6.36. The molecule has 2 atom stereocenters. The number of aliphatic hydroxyl groups is 1. The summed E-state index contributed by atoms with van der Waals surface area (Å²) in [5.74, 6) is -0.379. The molecule has 3 rings (SSSR count). The third kappa shape index (κ3) is 3.43. The van der Waals surface area contributed by atoms with Crippen molar-refractivity contribution in [2.24, 2.45) is 0 Å². The van der Waals surface area contributed by atoms with Crippen LogP contribution in [0.4, 0.5) is 0 Å². The molecule has 2 heterocycles. The lowest BCUT2D eigenvalue weighted by Crippen LogP contribution is -2.44. The molecule has 0 saturated carbocycles. The first kappa shape index (κ1) is 17.3. The summed E-state index contributed by atoms with van der Waals surface area (Å²) in [4.78, 5) is 12.0. The summed E-state index contributed by atoms with van der Waals surface area (Å²) in [6.45, 7) is 1.73. The average Bonchev–Trinajstić information content (AvgIpc) is 2.96. The van der Waals surface area contributed by atoms with Crippen molar-refractivity contribution in [2.75, 3.05) is 13.7 Å². The Morgan fingerprint density at radius 3 is 3.08 bits per heavy atom. The Balaban J connectivity index is 1.77. The first-order valence-corrected chi connectivity index (χ1v) is 8.76. The van der Waals surface area contributed by atoms with Crippen molar-refractivity contribution in [1.29, 1.82) is 0 Å². The van der Waals surface area contributed by atoms with Crippen LogP contribution in [0.25, 0.3) is 10.9 Å². The molecule has 2 aromatic rings. The number of carbonyl (C=O) groups is 1. The van der Waals surface area contributed by atoms with Gasteiger partial charge in [0.05, 0.1) is 29.3 Å². The van der Waals surface area contributed by atoms with Crippen molar-refractivity contribution in [2.45, 2.75) is 44.4 Å². The minimum atomic E-state index is -0.379. The first-order valence-electron chi connectivity index (χ1n) is 8.39. The van der Waals surface area contributed by atoms with Crippen molar-refractivity contribution in [3.63, 3.8) is 0 Å². The van der Waals surface area contributed by atoms with Gasteiger partial charge in [-0.1, -0.05) is 17.7 Å². The Morgan fingerprint density at radius 1 is 1.50 bits per heavy atom. The summed E-state index contributed by atoms with van der Waals surface area (Å²) in [5, 5.41) is 14.7. The minimum absolute atomic E-state index is 0.157. The van der Waals surface area contributed by atoms with Crippen molar-refractivity contribution in [1.82, 2.24) is 9.88 Å².